The van der Waals surface area contributed by atoms with Gasteiger partial charge in [0.25, 0.3) is 5.91 Å². The van der Waals surface area contributed by atoms with Crippen molar-refractivity contribution in [2.24, 2.45) is 11.3 Å². The van der Waals surface area contributed by atoms with Crippen molar-refractivity contribution in [3.05, 3.63) is 125 Å². The molecule has 300 valence electrons. The van der Waals surface area contributed by atoms with Crippen molar-refractivity contribution in [1.29, 1.82) is 0 Å². The monoisotopic (exact) mass is 789 g/mol. The highest BCUT2D eigenvalue weighted by molar-refractivity contribution is 6.17. The first-order chi connectivity index (χ1) is 28.8. The number of carbonyl (C=O) groups is 4. The van der Waals surface area contributed by atoms with E-state index in [4.69, 9.17) is 9.47 Å². The van der Waals surface area contributed by atoms with Gasteiger partial charge < -0.3 is 25.0 Å². The van der Waals surface area contributed by atoms with Crippen molar-refractivity contribution >= 4 is 41.0 Å². The molecule has 5 saturated heterocycles. The summed E-state index contributed by atoms with van der Waals surface area (Å²) in [6.07, 6.45) is 5.83. The maximum atomic E-state index is 16.4. The molecule has 7 aliphatic rings. The molecule has 7 aliphatic heterocycles. The third kappa shape index (κ3) is 4.55. The van der Waals surface area contributed by atoms with Gasteiger partial charge in [0.15, 0.2) is 5.78 Å². The minimum atomic E-state index is -1.51. The van der Waals surface area contributed by atoms with Gasteiger partial charge in [-0.1, -0.05) is 72.8 Å². The maximum absolute atomic E-state index is 16.4. The zero-order chi connectivity index (χ0) is 40.3. The first-order valence-electron chi connectivity index (χ1n) is 21.0. The minimum absolute atomic E-state index is 0.0145. The van der Waals surface area contributed by atoms with Gasteiger partial charge in [0.2, 0.25) is 11.8 Å². The highest BCUT2D eigenvalue weighted by atomic mass is 16.5. The van der Waals surface area contributed by atoms with Crippen LogP contribution in [-0.4, -0.2) is 90.7 Å². The lowest BCUT2D eigenvalue weighted by atomic mass is 9.54. The molecule has 1 unspecified atom stereocenters. The van der Waals surface area contributed by atoms with Gasteiger partial charge in [-0.25, -0.2) is 0 Å². The van der Waals surface area contributed by atoms with Gasteiger partial charge in [-0.05, 0) is 81.1 Å². The van der Waals surface area contributed by atoms with E-state index in [0.29, 0.717) is 47.8 Å². The van der Waals surface area contributed by atoms with Gasteiger partial charge in [0.05, 0.1) is 25.6 Å². The average molecular weight is 790 g/mol. The van der Waals surface area contributed by atoms with E-state index in [1.807, 2.05) is 108 Å². The zero-order valence-corrected chi connectivity index (χ0v) is 33.3. The largest absolute Gasteiger partial charge is 0.496 e. The fourth-order valence-electron chi connectivity index (χ4n) is 13.1. The number of nitrogens with zero attached hydrogens (tertiary/aromatic N) is 3. The summed E-state index contributed by atoms with van der Waals surface area (Å²) in [5.74, 6) is -0.834. The summed E-state index contributed by atoms with van der Waals surface area (Å²) in [4.78, 5) is 69.0. The molecular formula is C48H47N5O6. The van der Waals surface area contributed by atoms with E-state index in [1.54, 1.807) is 14.2 Å². The summed E-state index contributed by atoms with van der Waals surface area (Å²) >= 11 is 0. The van der Waals surface area contributed by atoms with Gasteiger partial charge in [-0.3, -0.25) is 29.0 Å². The second kappa shape index (κ2) is 13.1. The van der Waals surface area contributed by atoms with Crippen LogP contribution in [0.4, 0.5) is 11.4 Å². The van der Waals surface area contributed by atoms with Gasteiger partial charge in [0, 0.05) is 64.7 Å². The van der Waals surface area contributed by atoms with Crippen molar-refractivity contribution < 1.29 is 28.7 Å². The number of Topliss-reactive ketones (excluding diaryl/α,β-unsaturated/α-hetero) is 1. The molecule has 11 rings (SSSR count). The molecule has 11 nitrogen and oxygen atoms in total. The molecule has 7 atom stereocenters. The molecule has 4 aromatic carbocycles. The Balaban J connectivity index is 1.17. The van der Waals surface area contributed by atoms with E-state index in [0.717, 1.165) is 48.1 Å². The summed E-state index contributed by atoms with van der Waals surface area (Å²) in [5, 5.41) is 6.39. The Kier molecular flexibility index (Phi) is 8.07. The molecule has 0 bridgehead atoms. The SMILES string of the molecule is COc1ccccc1/C=C1\CN(C(=O)[C@H]2C[C@H]3CCCN3[C@]23C(=O)Nc2ccccc23)C[C@]2(C1=O)[C@H](c1ccccc1OC)[C@H]1CCCN1C21C(=O)Nc2ccccc21. The number of anilines is 2. The summed E-state index contributed by atoms with van der Waals surface area (Å²) < 4.78 is 11.9. The van der Waals surface area contributed by atoms with Crippen LogP contribution < -0.4 is 20.1 Å². The molecule has 7 heterocycles. The number of rotatable bonds is 5. The normalized spacial score (nSPS) is 32.5. The zero-order valence-electron chi connectivity index (χ0n) is 33.3. The molecule has 0 aliphatic carbocycles. The molecule has 59 heavy (non-hydrogen) atoms. The van der Waals surface area contributed by atoms with Crippen LogP contribution in [0.5, 0.6) is 11.5 Å². The van der Waals surface area contributed by atoms with Crippen LogP contribution in [0.15, 0.2) is 103 Å². The van der Waals surface area contributed by atoms with Gasteiger partial charge >= 0.3 is 0 Å². The number of hydrogen-bond acceptors (Lipinski definition) is 8. The quantitative estimate of drug-likeness (QED) is 0.239. The smallest absolute Gasteiger partial charge is 0.250 e. The molecule has 2 N–H and O–H groups in total. The number of nitrogens with one attached hydrogen (secondary N) is 2. The fourth-order valence-corrected chi connectivity index (χ4v) is 13.1. The third-order valence-corrected chi connectivity index (χ3v) is 15.0. The lowest BCUT2D eigenvalue weighted by Gasteiger charge is -2.52. The van der Waals surface area contributed by atoms with Crippen molar-refractivity contribution in [2.45, 2.75) is 61.2 Å². The Bertz CT molecular complexity index is 2500. The predicted molar refractivity (Wildman–Crippen MR) is 222 cm³/mol. The summed E-state index contributed by atoms with van der Waals surface area (Å²) in [6.45, 7) is 1.31. The second-order valence-electron chi connectivity index (χ2n) is 17.3. The number of carbonyl (C=O) groups excluding carboxylic acids is 4. The average Bonchev–Trinajstić information content (AvgIpc) is 4.10. The highest BCUT2D eigenvalue weighted by Crippen LogP contribution is 2.69. The van der Waals surface area contributed by atoms with Crippen LogP contribution in [0.2, 0.25) is 0 Å². The van der Waals surface area contributed by atoms with Crippen LogP contribution in [0.1, 0.15) is 60.3 Å². The van der Waals surface area contributed by atoms with Gasteiger partial charge in [-0.2, -0.15) is 0 Å². The molecule has 0 radical (unpaired) electrons. The highest BCUT2D eigenvalue weighted by Gasteiger charge is 2.79. The molecule has 0 aromatic heterocycles. The molecule has 0 saturated carbocycles. The third-order valence-electron chi connectivity index (χ3n) is 15.0. The Morgan fingerprint density at radius 1 is 0.746 bits per heavy atom. The number of amides is 3. The van der Waals surface area contributed by atoms with Crippen molar-refractivity contribution in [3.8, 4) is 11.5 Å². The van der Waals surface area contributed by atoms with Crippen molar-refractivity contribution in [2.75, 3.05) is 51.0 Å². The number of ketones is 1. The number of para-hydroxylation sites is 4. The molecular weight excluding hydrogens is 743 g/mol. The maximum Gasteiger partial charge on any atom is 0.250 e. The molecule has 11 heteroatoms. The van der Waals surface area contributed by atoms with E-state index in [1.165, 1.54) is 0 Å². The van der Waals surface area contributed by atoms with Crippen LogP contribution >= 0.6 is 0 Å². The number of ether oxygens (including phenoxy) is 2. The summed E-state index contributed by atoms with van der Waals surface area (Å²) in [7, 11) is 3.24. The van der Waals surface area contributed by atoms with E-state index < -0.39 is 28.3 Å². The Hall–Kier alpha value is -5.78. The number of methoxy groups -OCH3 is 2. The van der Waals surface area contributed by atoms with Crippen molar-refractivity contribution in [1.82, 2.24) is 14.7 Å². The Labute approximate surface area is 343 Å². The van der Waals surface area contributed by atoms with Crippen LogP contribution in [0.3, 0.4) is 0 Å². The van der Waals surface area contributed by atoms with E-state index in [9.17, 15) is 4.79 Å². The van der Waals surface area contributed by atoms with Gasteiger partial charge in [0.1, 0.15) is 22.6 Å². The lowest BCUT2D eigenvalue weighted by Crippen LogP contribution is -2.67. The summed E-state index contributed by atoms with van der Waals surface area (Å²) in [6, 6.07) is 30.7. The molecule has 3 amide bonds. The first kappa shape index (κ1) is 36.3. The first-order valence-corrected chi connectivity index (χ1v) is 21.0. The Morgan fingerprint density at radius 3 is 2.19 bits per heavy atom. The van der Waals surface area contributed by atoms with E-state index >= 15 is 14.4 Å². The molecule has 5 fully saturated rings. The fraction of sp³-hybridized carbons (Fsp3) is 0.375. The topological polar surface area (TPSA) is 121 Å². The molecule has 3 spiro atoms. The van der Waals surface area contributed by atoms with Gasteiger partial charge in [-0.15, -0.1) is 0 Å². The number of piperidine rings is 1. The summed E-state index contributed by atoms with van der Waals surface area (Å²) in [5.41, 5.74) is 0.758. The van der Waals surface area contributed by atoms with Crippen LogP contribution in [-0.2, 0) is 30.3 Å². The van der Waals surface area contributed by atoms with Crippen LogP contribution in [0.25, 0.3) is 6.08 Å². The van der Waals surface area contributed by atoms with E-state index in [-0.39, 0.29) is 48.7 Å². The number of hydrogen-bond donors (Lipinski definition) is 2. The Morgan fingerprint density at radius 2 is 1.39 bits per heavy atom. The van der Waals surface area contributed by atoms with Crippen molar-refractivity contribution in [3.63, 3.8) is 0 Å². The number of fused-ring (bicyclic) bond motifs is 9. The van der Waals surface area contributed by atoms with E-state index in [2.05, 4.69) is 20.4 Å². The molecule has 4 aromatic rings. The lowest BCUT2D eigenvalue weighted by molar-refractivity contribution is -0.155. The predicted octanol–water partition coefficient (Wildman–Crippen LogP) is 5.93. The van der Waals surface area contributed by atoms with Crippen LogP contribution in [0, 0.1) is 11.3 Å². The standard InChI is InChI=1S/C48H47N5O6/c1-58-39-21-9-3-13-29(39)25-30-27-51(43(55)35-26-31-14-11-23-52(31)47(35)33-16-5-7-18-36(33)49-44(47)56)28-46(42(30)54)41(32-15-4-10-22-40(32)59-2)38-20-12-24-53(38)48(46)34-17-6-8-19-37(34)50-45(48)57/h3-10,13,15-19,21-22,25,31,35,38,41H,11-12,14,20,23-24,26-28H2,1-2H3,(H,49,56)(H,50,57)/b30-25+/t31-,35-,38-,41-,46-,47+,48?/m1/s1. The number of likely N-dealkylation sites (tertiary alicyclic amines) is 1. The number of benzene rings is 4. The minimum Gasteiger partial charge on any atom is -0.496 e. The second-order valence-corrected chi connectivity index (χ2v) is 17.3.